The van der Waals surface area contributed by atoms with Gasteiger partial charge in [0.05, 0.1) is 0 Å². The number of fused-ring (bicyclic) bond motifs is 1. The number of likely N-dealkylation sites (N-methyl/N-ethyl adjacent to an activating group) is 1. The molecule has 0 spiro atoms. The van der Waals surface area contributed by atoms with Gasteiger partial charge in [-0.25, -0.2) is 9.37 Å². The van der Waals surface area contributed by atoms with Crippen LogP contribution in [0.1, 0.15) is 35.1 Å². The fourth-order valence-electron chi connectivity index (χ4n) is 5.59. The molecule has 0 amide bonds. The minimum Gasteiger partial charge on any atom is -0.354 e. The van der Waals surface area contributed by atoms with E-state index in [0.29, 0.717) is 12.0 Å². The van der Waals surface area contributed by atoms with E-state index >= 15 is 0 Å². The number of likely N-dealkylation sites (tertiary alicyclic amines) is 1. The van der Waals surface area contributed by atoms with E-state index in [0.717, 1.165) is 63.5 Å². The van der Waals surface area contributed by atoms with Crippen molar-refractivity contribution < 1.29 is 4.39 Å². The summed E-state index contributed by atoms with van der Waals surface area (Å²) >= 11 is 0. The average molecular weight is 410 g/mol. The van der Waals surface area contributed by atoms with Crippen LogP contribution in [0.2, 0.25) is 0 Å². The molecule has 1 N–H and O–H groups in total. The molecule has 2 saturated heterocycles. The lowest BCUT2D eigenvalue weighted by atomic mass is 9.95. The van der Waals surface area contributed by atoms with Gasteiger partial charge in [0, 0.05) is 69.0 Å². The van der Waals surface area contributed by atoms with Crippen LogP contribution in [0, 0.1) is 5.82 Å². The Bertz CT molecular complexity index is 878. The molecule has 0 radical (unpaired) electrons. The van der Waals surface area contributed by atoms with Crippen molar-refractivity contribution in [2.24, 2.45) is 0 Å². The van der Waals surface area contributed by atoms with Crippen molar-refractivity contribution >= 4 is 5.82 Å². The molecule has 3 atom stereocenters. The van der Waals surface area contributed by atoms with Crippen molar-refractivity contribution in [1.29, 1.82) is 0 Å². The van der Waals surface area contributed by atoms with Gasteiger partial charge in [-0.3, -0.25) is 4.90 Å². The molecule has 2 aliphatic heterocycles. The van der Waals surface area contributed by atoms with Gasteiger partial charge in [-0.05, 0) is 50.2 Å². The molecule has 1 aromatic carbocycles. The van der Waals surface area contributed by atoms with Crippen LogP contribution in [0.25, 0.3) is 0 Å². The molecule has 3 heterocycles. The summed E-state index contributed by atoms with van der Waals surface area (Å²) in [6.07, 6.45) is 4.07. The van der Waals surface area contributed by atoms with Crippen LogP contribution < -0.4 is 10.2 Å². The maximum absolute atomic E-state index is 14.6. The van der Waals surface area contributed by atoms with Crippen LogP contribution in [0.15, 0.2) is 36.5 Å². The molecule has 2 aromatic rings. The number of aromatic nitrogens is 1. The number of pyridine rings is 1. The molecule has 6 heteroatoms. The molecular formula is C24H32FN5. The van der Waals surface area contributed by atoms with Crippen molar-refractivity contribution in [3.8, 4) is 0 Å². The van der Waals surface area contributed by atoms with Gasteiger partial charge in [-0.2, -0.15) is 0 Å². The Balaban J connectivity index is 1.37. The number of hydrogen-bond donors (Lipinski definition) is 1. The highest BCUT2D eigenvalue weighted by Crippen LogP contribution is 2.42. The van der Waals surface area contributed by atoms with E-state index in [1.165, 1.54) is 11.1 Å². The van der Waals surface area contributed by atoms with Gasteiger partial charge in [-0.1, -0.05) is 18.2 Å². The highest BCUT2D eigenvalue weighted by molar-refractivity contribution is 5.41. The summed E-state index contributed by atoms with van der Waals surface area (Å²) < 4.78 is 14.6. The lowest BCUT2D eigenvalue weighted by Crippen LogP contribution is -2.43. The second kappa shape index (κ2) is 8.25. The molecule has 0 bridgehead atoms. The number of anilines is 1. The first-order chi connectivity index (χ1) is 14.6. The first kappa shape index (κ1) is 19.9. The van der Waals surface area contributed by atoms with E-state index < -0.39 is 0 Å². The first-order valence-corrected chi connectivity index (χ1v) is 11.2. The van der Waals surface area contributed by atoms with Crippen molar-refractivity contribution in [3.05, 3.63) is 59.0 Å². The normalized spacial score (nSPS) is 27.1. The Morgan fingerprint density at radius 3 is 2.67 bits per heavy atom. The molecule has 3 aliphatic rings. The molecule has 160 valence electrons. The fourth-order valence-corrected chi connectivity index (χ4v) is 5.59. The SMILES string of the molecule is CN(C)C1CN(C2CCc3cccc(F)c32)CC1c1ccc(N2CCNCC2)nc1. The van der Waals surface area contributed by atoms with Crippen LogP contribution in [-0.4, -0.2) is 74.2 Å². The third-order valence-corrected chi connectivity index (χ3v) is 7.22. The fraction of sp³-hybridized carbons (Fsp3) is 0.542. The largest absolute Gasteiger partial charge is 0.354 e. The first-order valence-electron chi connectivity index (χ1n) is 11.2. The molecule has 0 saturated carbocycles. The quantitative estimate of drug-likeness (QED) is 0.840. The van der Waals surface area contributed by atoms with E-state index in [2.05, 4.69) is 58.5 Å². The van der Waals surface area contributed by atoms with Gasteiger partial charge in [0.15, 0.2) is 0 Å². The summed E-state index contributed by atoms with van der Waals surface area (Å²) in [6, 6.07) is 10.6. The van der Waals surface area contributed by atoms with E-state index in [1.807, 2.05) is 6.07 Å². The number of nitrogens with one attached hydrogen (secondary N) is 1. The van der Waals surface area contributed by atoms with Crippen molar-refractivity contribution in [2.75, 3.05) is 58.3 Å². The van der Waals surface area contributed by atoms with E-state index in [9.17, 15) is 4.39 Å². The Kier molecular flexibility index (Phi) is 5.48. The molecule has 1 aromatic heterocycles. The number of benzene rings is 1. The third kappa shape index (κ3) is 3.61. The molecule has 3 unspecified atom stereocenters. The lowest BCUT2D eigenvalue weighted by molar-refractivity contribution is 0.213. The number of piperazine rings is 1. The number of rotatable bonds is 4. The summed E-state index contributed by atoms with van der Waals surface area (Å²) in [4.78, 5) is 12.0. The van der Waals surface area contributed by atoms with Gasteiger partial charge in [-0.15, -0.1) is 0 Å². The van der Waals surface area contributed by atoms with Crippen LogP contribution in [0.5, 0.6) is 0 Å². The van der Waals surface area contributed by atoms with Gasteiger partial charge >= 0.3 is 0 Å². The van der Waals surface area contributed by atoms with Crippen molar-refractivity contribution in [2.45, 2.75) is 30.8 Å². The average Bonchev–Trinajstić information content (AvgIpc) is 3.40. The number of nitrogens with zero attached hydrogens (tertiary/aromatic N) is 4. The summed E-state index contributed by atoms with van der Waals surface area (Å²) in [5.41, 5.74) is 3.41. The highest BCUT2D eigenvalue weighted by Gasteiger charge is 2.41. The minimum atomic E-state index is -0.0399. The monoisotopic (exact) mass is 409 g/mol. The van der Waals surface area contributed by atoms with Crippen molar-refractivity contribution in [1.82, 2.24) is 20.1 Å². The maximum atomic E-state index is 14.6. The number of halogens is 1. The second-order valence-electron chi connectivity index (χ2n) is 9.15. The molecule has 1 aliphatic carbocycles. The maximum Gasteiger partial charge on any atom is 0.128 e. The zero-order valence-corrected chi connectivity index (χ0v) is 18.0. The summed E-state index contributed by atoms with van der Waals surface area (Å²) in [5, 5.41) is 3.39. The van der Waals surface area contributed by atoms with Gasteiger partial charge in [0.2, 0.25) is 0 Å². The van der Waals surface area contributed by atoms with Crippen LogP contribution in [0.3, 0.4) is 0 Å². The molecule has 2 fully saturated rings. The van der Waals surface area contributed by atoms with E-state index in [4.69, 9.17) is 4.98 Å². The smallest absolute Gasteiger partial charge is 0.128 e. The Labute approximate surface area is 178 Å². The second-order valence-corrected chi connectivity index (χ2v) is 9.15. The van der Waals surface area contributed by atoms with Crippen LogP contribution >= 0.6 is 0 Å². The third-order valence-electron chi connectivity index (χ3n) is 7.22. The van der Waals surface area contributed by atoms with Crippen molar-refractivity contribution in [3.63, 3.8) is 0 Å². The topological polar surface area (TPSA) is 34.6 Å². The summed E-state index contributed by atoms with van der Waals surface area (Å²) in [6.45, 7) is 5.98. The number of hydrogen-bond acceptors (Lipinski definition) is 5. The van der Waals surface area contributed by atoms with Gasteiger partial charge < -0.3 is 15.1 Å². The van der Waals surface area contributed by atoms with Crippen LogP contribution in [0.4, 0.5) is 10.2 Å². The zero-order chi connectivity index (χ0) is 20.7. The zero-order valence-electron chi connectivity index (χ0n) is 18.0. The minimum absolute atomic E-state index is 0.0399. The molecule has 5 rings (SSSR count). The van der Waals surface area contributed by atoms with E-state index in [-0.39, 0.29) is 11.9 Å². The van der Waals surface area contributed by atoms with Crippen LogP contribution in [-0.2, 0) is 6.42 Å². The Morgan fingerprint density at radius 2 is 1.93 bits per heavy atom. The Morgan fingerprint density at radius 1 is 1.10 bits per heavy atom. The number of aryl methyl sites for hydroxylation is 1. The predicted octanol–water partition coefficient (Wildman–Crippen LogP) is 2.65. The molecule has 30 heavy (non-hydrogen) atoms. The molecule has 5 nitrogen and oxygen atoms in total. The standard InChI is InChI=1S/C24H32FN5/c1-28(2)22-16-30(21-8-6-17-4-3-5-20(25)24(17)21)15-19(22)18-7-9-23(27-14-18)29-12-10-26-11-13-29/h3-5,7,9,14,19,21-22,26H,6,8,10-13,15-16H2,1-2H3. The van der Waals surface area contributed by atoms with E-state index in [1.54, 1.807) is 6.07 Å². The molecular weight excluding hydrogens is 377 g/mol. The predicted molar refractivity (Wildman–Crippen MR) is 119 cm³/mol. The van der Waals surface area contributed by atoms with Gasteiger partial charge in [0.25, 0.3) is 0 Å². The Hall–Kier alpha value is -2.02. The van der Waals surface area contributed by atoms with Gasteiger partial charge in [0.1, 0.15) is 11.6 Å². The highest BCUT2D eigenvalue weighted by atomic mass is 19.1. The summed E-state index contributed by atoms with van der Waals surface area (Å²) in [7, 11) is 4.32. The summed E-state index contributed by atoms with van der Waals surface area (Å²) in [5.74, 6) is 1.42. The lowest BCUT2D eigenvalue weighted by Gasteiger charge is -2.29.